The van der Waals surface area contributed by atoms with Gasteiger partial charge in [-0.15, -0.1) is 0 Å². The second-order valence-corrected chi connectivity index (χ2v) is 12.6. The Kier molecular flexibility index (Phi) is 10.4. The number of pyridine rings is 1. The first-order valence-electron chi connectivity index (χ1n) is 16.0. The van der Waals surface area contributed by atoms with Gasteiger partial charge in [0.2, 0.25) is 0 Å². The molecule has 1 aromatic carbocycles. The number of hydrogen-bond acceptors (Lipinski definition) is 10. The smallest absolute Gasteiger partial charge is 0.408 e. The van der Waals surface area contributed by atoms with Gasteiger partial charge in [0.1, 0.15) is 42.0 Å². The fourth-order valence-corrected chi connectivity index (χ4v) is 5.78. The van der Waals surface area contributed by atoms with E-state index in [2.05, 4.69) is 49.9 Å². The van der Waals surface area contributed by atoms with Gasteiger partial charge < -0.3 is 30.3 Å². The number of fused-ring (bicyclic) bond motifs is 1. The van der Waals surface area contributed by atoms with Crippen LogP contribution in [0.4, 0.5) is 22.2 Å². The second kappa shape index (κ2) is 14.6. The summed E-state index contributed by atoms with van der Waals surface area (Å²) in [7, 11) is 0. The van der Waals surface area contributed by atoms with Crippen LogP contribution in [0.1, 0.15) is 75.3 Å². The highest BCUT2D eigenvalue weighted by Crippen LogP contribution is 2.33. The fourth-order valence-electron chi connectivity index (χ4n) is 5.78. The molecule has 1 fully saturated rings. The summed E-state index contributed by atoms with van der Waals surface area (Å²) >= 11 is 0. The number of amides is 1. The molecule has 2 aliphatic heterocycles. The summed E-state index contributed by atoms with van der Waals surface area (Å²) in [5.74, 6) is 2.40. The van der Waals surface area contributed by atoms with E-state index in [1.165, 1.54) is 5.56 Å². The average Bonchev–Trinajstić information content (AvgIpc) is 3.05. The Morgan fingerprint density at radius 1 is 1.09 bits per heavy atom. The summed E-state index contributed by atoms with van der Waals surface area (Å²) < 4.78 is 11.0. The average molecular weight is 616 g/mol. The SMILES string of the molecule is CCc1c(NCC(NC(=O)OCc2ccccc2)C(=O)OC(C)(C)C)ncnc1N1CCC(c2ccc3c(n2)NCCC3)CC1. The van der Waals surface area contributed by atoms with Crippen LogP contribution in [0.5, 0.6) is 0 Å². The predicted octanol–water partition coefficient (Wildman–Crippen LogP) is 5.22. The van der Waals surface area contributed by atoms with Gasteiger partial charge in [0.25, 0.3) is 0 Å². The standard InChI is InChI=1S/C34H45N7O4/c1-5-26-30(36-20-28(32(42)45-34(2,3)4)40-33(43)44-21-23-10-7-6-8-11-23)37-22-38-31(26)41-18-15-24(16-19-41)27-14-13-25-12-9-17-35-29(25)39-27/h6-8,10-11,13-14,22,24,28H,5,9,12,15-21H2,1-4H3,(H,35,39)(H,40,43)(H,36,37,38). The number of rotatable bonds is 10. The van der Waals surface area contributed by atoms with Crippen molar-refractivity contribution in [2.45, 2.75) is 84.0 Å². The van der Waals surface area contributed by atoms with Crippen LogP contribution in [-0.2, 0) is 33.7 Å². The van der Waals surface area contributed by atoms with Gasteiger partial charge in [0.15, 0.2) is 0 Å². The second-order valence-electron chi connectivity index (χ2n) is 12.6. The van der Waals surface area contributed by atoms with E-state index in [4.69, 9.17) is 14.5 Å². The van der Waals surface area contributed by atoms with Crippen LogP contribution < -0.4 is 20.9 Å². The topological polar surface area (TPSA) is 131 Å². The number of anilines is 3. The minimum Gasteiger partial charge on any atom is -0.458 e. The molecule has 4 heterocycles. The van der Waals surface area contributed by atoms with E-state index < -0.39 is 23.7 Å². The molecular weight excluding hydrogens is 570 g/mol. The van der Waals surface area contributed by atoms with Gasteiger partial charge in [0, 0.05) is 43.4 Å². The summed E-state index contributed by atoms with van der Waals surface area (Å²) in [5.41, 5.74) is 3.55. The van der Waals surface area contributed by atoms with Crippen molar-refractivity contribution >= 4 is 29.5 Å². The van der Waals surface area contributed by atoms with Crippen molar-refractivity contribution in [1.82, 2.24) is 20.3 Å². The molecule has 2 aliphatic rings. The highest BCUT2D eigenvalue weighted by atomic mass is 16.6. The Morgan fingerprint density at radius 2 is 1.87 bits per heavy atom. The summed E-state index contributed by atoms with van der Waals surface area (Å²) in [5, 5.41) is 9.41. The number of ether oxygens (including phenoxy) is 2. The Hall–Kier alpha value is -4.41. The van der Waals surface area contributed by atoms with Gasteiger partial charge in [0.05, 0.1) is 0 Å². The normalized spacial score (nSPS) is 15.8. The van der Waals surface area contributed by atoms with Crippen molar-refractivity contribution in [2.24, 2.45) is 0 Å². The van der Waals surface area contributed by atoms with Crippen LogP contribution in [0.15, 0.2) is 48.8 Å². The summed E-state index contributed by atoms with van der Waals surface area (Å²) in [4.78, 5) is 42.2. The van der Waals surface area contributed by atoms with E-state index in [0.29, 0.717) is 18.2 Å². The van der Waals surface area contributed by atoms with E-state index in [1.54, 1.807) is 27.1 Å². The largest absolute Gasteiger partial charge is 0.458 e. The number of nitrogens with zero attached hydrogens (tertiary/aromatic N) is 4. The van der Waals surface area contributed by atoms with Crippen LogP contribution in [-0.4, -0.2) is 64.8 Å². The Morgan fingerprint density at radius 3 is 2.60 bits per heavy atom. The van der Waals surface area contributed by atoms with E-state index >= 15 is 0 Å². The molecule has 3 N–H and O–H groups in total. The van der Waals surface area contributed by atoms with Gasteiger partial charge in [-0.1, -0.05) is 43.3 Å². The molecule has 1 amide bonds. The maximum atomic E-state index is 13.1. The van der Waals surface area contributed by atoms with Gasteiger partial charge >= 0.3 is 12.1 Å². The first kappa shape index (κ1) is 32.0. The Labute approximate surface area is 265 Å². The van der Waals surface area contributed by atoms with Crippen molar-refractivity contribution in [3.63, 3.8) is 0 Å². The van der Waals surface area contributed by atoms with Crippen LogP contribution >= 0.6 is 0 Å². The zero-order valence-corrected chi connectivity index (χ0v) is 26.8. The number of alkyl carbamates (subject to hydrolysis) is 1. The van der Waals surface area contributed by atoms with Crippen molar-refractivity contribution in [1.29, 1.82) is 0 Å². The van der Waals surface area contributed by atoms with Crippen LogP contribution in [0, 0.1) is 0 Å². The lowest BCUT2D eigenvalue weighted by Crippen LogP contribution is -2.48. The predicted molar refractivity (Wildman–Crippen MR) is 175 cm³/mol. The molecule has 2 aromatic heterocycles. The van der Waals surface area contributed by atoms with Gasteiger partial charge in [-0.3, -0.25) is 0 Å². The van der Waals surface area contributed by atoms with Crippen LogP contribution in [0.3, 0.4) is 0 Å². The third kappa shape index (κ3) is 8.61. The van der Waals surface area contributed by atoms with E-state index in [-0.39, 0.29) is 13.2 Å². The number of aromatic nitrogens is 3. The Bertz CT molecular complexity index is 1450. The van der Waals surface area contributed by atoms with Crippen LogP contribution in [0.25, 0.3) is 0 Å². The summed E-state index contributed by atoms with van der Waals surface area (Å²) in [6.45, 7) is 10.3. The lowest BCUT2D eigenvalue weighted by Gasteiger charge is -2.34. The summed E-state index contributed by atoms with van der Waals surface area (Å²) in [6.07, 6.45) is 5.74. The molecule has 0 aliphatic carbocycles. The number of carbonyl (C=O) groups is 2. The molecule has 5 rings (SSSR count). The van der Waals surface area contributed by atoms with E-state index in [0.717, 1.165) is 73.8 Å². The maximum absolute atomic E-state index is 13.1. The van der Waals surface area contributed by atoms with Crippen LogP contribution in [0.2, 0.25) is 0 Å². The number of aryl methyl sites for hydroxylation is 1. The lowest BCUT2D eigenvalue weighted by molar-refractivity contribution is -0.156. The monoisotopic (exact) mass is 615 g/mol. The highest BCUT2D eigenvalue weighted by molar-refractivity contribution is 5.82. The quantitative estimate of drug-likeness (QED) is 0.261. The first-order valence-corrected chi connectivity index (χ1v) is 16.0. The van der Waals surface area contributed by atoms with Crippen molar-refractivity contribution < 1.29 is 19.1 Å². The number of carbonyl (C=O) groups excluding carboxylic acids is 2. The summed E-state index contributed by atoms with van der Waals surface area (Å²) in [6, 6.07) is 12.8. The molecule has 0 bridgehead atoms. The Balaban J connectivity index is 1.23. The van der Waals surface area contributed by atoms with Gasteiger partial charge in [-0.2, -0.15) is 0 Å². The first-order chi connectivity index (χ1) is 21.7. The molecule has 1 unspecified atom stereocenters. The van der Waals surface area contributed by atoms with Gasteiger partial charge in [-0.05, 0) is 70.1 Å². The fraction of sp³-hybridized carbons (Fsp3) is 0.500. The molecule has 11 nitrogen and oxygen atoms in total. The highest BCUT2D eigenvalue weighted by Gasteiger charge is 2.29. The molecule has 45 heavy (non-hydrogen) atoms. The van der Waals surface area contributed by atoms with Gasteiger partial charge in [-0.25, -0.2) is 24.5 Å². The number of nitrogens with one attached hydrogen (secondary N) is 3. The maximum Gasteiger partial charge on any atom is 0.408 e. The zero-order chi connectivity index (χ0) is 31.8. The number of hydrogen-bond donors (Lipinski definition) is 3. The minimum atomic E-state index is -0.995. The number of piperidine rings is 1. The molecule has 0 radical (unpaired) electrons. The van der Waals surface area contributed by atoms with Crippen molar-refractivity contribution in [3.05, 3.63) is 71.2 Å². The molecule has 0 spiro atoms. The van der Waals surface area contributed by atoms with Crippen molar-refractivity contribution in [2.75, 3.05) is 41.7 Å². The van der Waals surface area contributed by atoms with E-state index in [9.17, 15) is 9.59 Å². The lowest BCUT2D eigenvalue weighted by atomic mass is 9.92. The van der Waals surface area contributed by atoms with E-state index in [1.807, 2.05) is 30.3 Å². The number of esters is 1. The van der Waals surface area contributed by atoms with Crippen molar-refractivity contribution in [3.8, 4) is 0 Å². The molecule has 0 saturated carbocycles. The third-order valence-electron chi connectivity index (χ3n) is 8.07. The molecule has 3 aromatic rings. The molecular formula is C34H45N7O4. The molecule has 11 heteroatoms. The minimum absolute atomic E-state index is 0.0684. The number of benzene rings is 1. The zero-order valence-electron chi connectivity index (χ0n) is 26.8. The molecule has 1 atom stereocenters. The molecule has 1 saturated heterocycles. The molecule has 240 valence electrons. The third-order valence-corrected chi connectivity index (χ3v) is 8.07.